The maximum atomic E-state index is 12.6. The molecule has 1 saturated heterocycles. The Morgan fingerprint density at radius 3 is 2.81 bits per heavy atom. The van der Waals surface area contributed by atoms with E-state index in [2.05, 4.69) is 22.1 Å². The van der Waals surface area contributed by atoms with Crippen LogP contribution in [0.1, 0.15) is 17.3 Å². The van der Waals surface area contributed by atoms with Crippen LogP contribution in [0.4, 0.5) is 5.82 Å². The summed E-state index contributed by atoms with van der Waals surface area (Å²) in [6.07, 6.45) is 2.94. The number of carbonyl (C=O) groups is 1. The molecule has 1 fully saturated rings. The van der Waals surface area contributed by atoms with Gasteiger partial charge in [-0.05, 0) is 25.1 Å². The molecule has 0 bridgehead atoms. The largest absolute Gasteiger partial charge is 0.477 e. The fourth-order valence-electron chi connectivity index (χ4n) is 3.53. The number of carboxylic acids is 1. The fourth-order valence-corrected chi connectivity index (χ4v) is 4.15. The van der Waals surface area contributed by atoms with Crippen molar-refractivity contribution in [3.63, 3.8) is 0 Å². The number of nitrogens with zero attached hydrogens (tertiary/aromatic N) is 4. The third-order valence-electron chi connectivity index (χ3n) is 5.00. The van der Waals surface area contributed by atoms with Gasteiger partial charge < -0.3 is 15.3 Å². The highest BCUT2D eigenvalue weighted by Crippen LogP contribution is 2.25. The fraction of sp³-hybridized carbons (Fsp3) is 0.333. The number of fused-ring (bicyclic) bond motifs is 1. The Labute approximate surface area is 159 Å². The summed E-state index contributed by atoms with van der Waals surface area (Å²) >= 11 is 1.35. The maximum absolute atomic E-state index is 12.6. The first-order valence-electron chi connectivity index (χ1n) is 8.61. The van der Waals surface area contributed by atoms with E-state index in [0.29, 0.717) is 22.7 Å². The monoisotopic (exact) mass is 385 g/mol. The summed E-state index contributed by atoms with van der Waals surface area (Å²) in [6.45, 7) is 3.87. The topological polar surface area (TPSA) is 100 Å². The molecule has 0 unspecified atom stereocenters. The quantitative estimate of drug-likeness (QED) is 0.703. The SMILES string of the molecule is CN[C@H]1CN(c2ccc3c(=O)c(C(=O)O)cn(-c4nccs4)c3n2)C[C@@H]1C. The van der Waals surface area contributed by atoms with Crippen molar-refractivity contribution in [1.82, 2.24) is 19.9 Å². The van der Waals surface area contributed by atoms with E-state index in [0.717, 1.165) is 18.9 Å². The lowest BCUT2D eigenvalue weighted by atomic mass is 10.1. The molecule has 3 aromatic heterocycles. The molecule has 4 rings (SSSR count). The van der Waals surface area contributed by atoms with E-state index in [1.807, 2.05) is 7.05 Å². The van der Waals surface area contributed by atoms with Gasteiger partial charge in [0.15, 0.2) is 10.8 Å². The molecule has 2 atom stereocenters. The van der Waals surface area contributed by atoms with Crippen molar-refractivity contribution in [3.05, 3.63) is 45.7 Å². The van der Waals surface area contributed by atoms with Gasteiger partial charge in [0.05, 0.1) is 5.39 Å². The molecule has 27 heavy (non-hydrogen) atoms. The maximum Gasteiger partial charge on any atom is 0.341 e. The molecule has 4 heterocycles. The molecular formula is C18H19N5O3S. The number of pyridine rings is 2. The summed E-state index contributed by atoms with van der Waals surface area (Å²) in [4.78, 5) is 35.2. The average Bonchev–Trinajstić information content (AvgIpc) is 3.31. The number of thiazole rings is 1. The minimum atomic E-state index is -1.26. The van der Waals surface area contributed by atoms with Gasteiger partial charge in [0.1, 0.15) is 11.4 Å². The van der Waals surface area contributed by atoms with Crippen LogP contribution in [0.3, 0.4) is 0 Å². The second-order valence-electron chi connectivity index (χ2n) is 6.68. The van der Waals surface area contributed by atoms with Crippen molar-refractivity contribution in [2.75, 3.05) is 25.0 Å². The van der Waals surface area contributed by atoms with Crippen LogP contribution in [-0.4, -0.2) is 51.8 Å². The minimum absolute atomic E-state index is 0.270. The lowest BCUT2D eigenvalue weighted by molar-refractivity contribution is 0.0695. The molecule has 0 amide bonds. The lowest BCUT2D eigenvalue weighted by Crippen LogP contribution is -2.32. The first kappa shape index (κ1) is 17.6. The predicted molar refractivity (Wildman–Crippen MR) is 104 cm³/mol. The van der Waals surface area contributed by atoms with Crippen LogP contribution in [0.2, 0.25) is 0 Å². The second-order valence-corrected chi connectivity index (χ2v) is 7.55. The number of nitrogens with one attached hydrogen (secondary N) is 1. The van der Waals surface area contributed by atoms with Gasteiger partial charge in [-0.25, -0.2) is 14.8 Å². The molecule has 0 aromatic carbocycles. The molecule has 0 saturated carbocycles. The van der Waals surface area contributed by atoms with E-state index in [-0.39, 0.29) is 10.9 Å². The van der Waals surface area contributed by atoms with Crippen molar-refractivity contribution in [2.24, 2.45) is 5.92 Å². The molecule has 9 heteroatoms. The molecule has 8 nitrogen and oxygen atoms in total. The Bertz CT molecular complexity index is 1060. The molecule has 3 aromatic rings. The highest BCUT2D eigenvalue weighted by atomic mass is 32.1. The molecule has 0 aliphatic carbocycles. The molecular weight excluding hydrogens is 366 g/mol. The lowest BCUT2D eigenvalue weighted by Gasteiger charge is -2.18. The van der Waals surface area contributed by atoms with E-state index in [1.165, 1.54) is 17.5 Å². The molecule has 0 radical (unpaired) electrons. The van der Waals surface area contributed by atoms with Crippen LogP contribution in [0, 0.1) is 5.92 Å². The highest BCUT2D eigenvalue weighted by Gasteiger charge is 2.29. The number of aromatic nitrogens is 3. The summed E-state index contributed by atoms with van der Waals surface area (Å²) in [5, 5.41) is 15.3. The van der Waals surface area contributed by atoms with E-state index in [4.69, 9.17) is 4.98 Å². The number of likely N-dealkylation sites (N-methyl/N-ethyl adjacent to an activating group) is 1. The van der Waals surface area contributed by atoms with Gasteiger partial charge in [-0.1, -0.05) is 6.92 Å². The molecule has 1 aliphatic rings. The van der Waals surface area contributed by atoms with Crippen LogP contribution in [-0.2, 0) is 0 Å². The van der Waals surface area contributed by atoms with Crippen LogP contribution in [0.5, 0.6) is 0 Å². The Kier molecular flexibility index (Phi) is 4.40. The number of carboxylic acid groups (broad SMARTS) is 1. The predicted octanol–water partition coefficient (Wildman–Crippen LogP) is 1.58. The van der Waals surface area contributed by atoms with Gasteiger partial charge >= 0.3 is 5.97 Å². The Morgan fingerprint density at radius 2 is 2.19 bits per heavy atom. The summed E-state index contributed by atoms with van der Waals surface area (Å²) in [6, 6.07) is 3.82. The number of aromatic carboxylic acids is 1. The van der Waals surface area contributed by atoms with Crippen LogP contribution in [0.25, 0.3) is 16.2 Å². The minimum Gasteiger partial charge on any atom is -0.477 e. The zero-order chi connectivity index (χ0) is 19.1. The van der Waals surface area contributed by atoms with E-state index in [1.54, 1.807) is 28.3 Å². The van der Waals surface area contributed by atoms with Crippen molar-refractivity contribution >= 4 is 34.2 Å². The van der Waals surface area contributed by atoms with Gasteiger partial charge in [-0.3, -0.25) is 9.36 Å². The number of rotatable bonds is 4. The molecule has 2 N–H and O–H groups in total. The molecule has 0 spiro atoms. The van der Waals surface area contributed by atoms with E-state index < -0.39 is 11.4 Å². The normalized spacial score (nSPS) is 19.7. The molecule has 140 valence electrons. The van der Waals surface area contributed by atoms with Gasteiger partial charge in [0, 0.05) is 36.9 Å². The number of hydrogen-bond acceptors (Lipinski definition) is 7. The van der Waals surface area contributed by atoms with Gasteiger partial charge in [-0.2, -0.15) is 0 Å². The van der Waals surface area contributed by atoms with Crippen molar-refractivity contribution in [1.29, 1.82) is 0 Å². The van der Waals surface area contributed by atoms with Gasteiger partial charge in [-0.15, -0.1) is 11.3 Å². The standard InChI is InChI=1S/C18H19N5O3S/c1-10-7-22(9-13(10)19-2)14-4-3-11-15(24)12(17(25)26)8-23(16(11)21-14)18-20-5-6-27-18/h3-6,8,10,13,19H,7,9H2,1-2H3,(H,25,26)/t10-,13-/m0/s1. The first-order valence-corrected chi connectivity index (χ1v) is 9.49. The second kappa shape index (κ2) is 6.75. The summed E-state index contributed by atoms with van der Waals surface area (Å²) in [5.41, 5.74) is -0.414. The van der Waals surface area contributed by atoms with Gasteiger partial charge in [0.25, 0.3) is 0 Å². The smallest absolute Gasteiger partial charge is 0.341 e. The third kappa shape index (κ3) is 2.98. The van der Waals surface area contributed by atoms with Crippen LogP contribution < -0.4 is 15.6 Å². The summed E-state index contributed by atoms with van der Waals surface area (Å²) < 4.78 is 1.59. The van der Waals surface area contributed by atoms with E-state index in [9.17, 15) is 14.7 Å². The zero-order valence-electron chi connectivity index (χ0n) is 14.9. The number of hydrogen-bond donors (Lipinski definition) is 2. The highest BCUT2D eigenvalue weighted by molar-refractivity contribution is 7.12. The third-order valence-corrected chi connectivity index (χ3v) is 5.77. The van der Waals surface area contributed by atoms with Crippen molar-refractivity contribution < 1.29 is 9.90 Å². The van der Waals surface area contributed by atoms with Crippen molar-refractivity contribution in [2.45, 2.75) is 13.0 Å². The molecule has 1 aliphatic heterocycles. The van der Waals surface area contributed by atoms with E-state index >= 15 is 0 Å². The Morgan fingerprint density at radius 1 is 1.37 bits per heavy atom. The van der Waals surface area contributed by atoms with Crippen LogP contribution in [0.15, 0.2) is 34.7 Å². The van der Waals surface area contributed by atoms with Gasteiger partial charge in [0.2, 0.25) is 5.43 Å². The van der Waals surface area contributed by atoms with Crippen molar-refractivity contribution in [3.8, 4) is 5.13 Å². The summed E-state index contributed by atoms with van der Waals surface area (Å²) in [5.74, 6) is -0.0237. The zero-order valence-corrected chi connectivity index (χ0v) is 15.7. The number of anilines is 1. The summed E-state index contributed by atoms with van der Waals surface area (Å²) in [7, 11) is 1.95. The Hall–Kier alpha value is -2.78. The average molecular weight is 385 g/mol. The Balaban J connectivity index is 1.90. The van der Waals surface area contributed by atoms with Crippen LogP contribution >= 0.6 is 11.3 Å². The first-order chi connectivity index (χ1) is 13.0.